The van der Waals surface area contributed by atoms with Crippen LogP contribution in [0, 0.1) is 0 Å². The molecule has 1 aliphatic rings. The van der Waals surface area contributed by atoms with Gasteiger partial charge in [0.25, 0.3) is 0 Å². The highest BCUT2D eigenvalue weighted by atomic mass is 32.2. The molecule has 10 heteroatoms. The number of amides is 1. The van der Waals surface area contributed by atoms with Gasteiger partial charge in [0.05, 0.1) is 17.3 Å². The van der Waals surface area contributed by atoms with Crippen molar-refractivity contribution in [1.82, 2.24) is 15.1 Å². The van der Waals surface area contributed by atoms with Crippen molar-refractivity contribution < 1.29 is 13.2 Å². The maximum atomic E-state index is 12.2. The SMILES string of the molecule is CCN(C(=O)CSc1nnc(N)s1)C1CCS(=O)(=O)C1. The lowest BCUT2D eigenvalue weighted by Crippen LogP contribution is -2.41. The summed E-state index contributed by atoms with van der Waals surface area (Å²) in [5.74, 6) is 0.386. The second-order valence-corrected chi connectivity index (χ2v) is 8.89. The summed E-state index contributed by atoms with van der Waals surface area (Å²) in [6.45, 7) is 2.37. The monoisotopic (exact) mass is 336 g/mol. The van der Waals surface area contributed by atoms with Gasteiger partial charge in [0.1, 0.15) is 0 Å². The Hall–Kier alpha value is -0.870. The van der Waals surface area contributed by atoms with Gasteiger partial charge in [-0.15, -0.1) is 10.2 Å². The van der Waals surface area contributed by atoms with Crippen LogP contribution in [0.25, 0.3) is 0 Å². The first-order chi connectivity index (χ1) is 9.41. The molecule has 1 aliphatic heterocycles. The van der Waals surface area contributed by atoms with Crippen molar-refractivity contribution in [2.45, 2.75) is 23.7 Å². The van der Waals surface area contributed by atoms with E-state index in [0.29, 0.717) is 22.4 Å². The third-order valence-electron chi connectivity index (χ3n) is 3.05. The fraction of sp³-hybridized carbons (Fsp3) is 0.700. The van der Waals surface area contributed by atoms with E-state index in [-0.39, 0.29) is 29.2 Å². The van der Waals surface area contributed by atoms with E-state index in [9.17, 15) is 13.2 Å². The number of thioether (sulfide) groups is 1. The quantitative estimate of drug-likeness (QED) is 0.768. The fourth-order valence-corrected chi connectivity index (χ4v) is 5.40. The zero-order valence-electron chi connectivity index (χ0n) is 11.0. The van der Waals surface area contributed by atoms with E-state index in [4.69, 9.17) is 5.73 Å². The molecule has 1 saturated heterocycles. The van der Waals surface area contributed by atoms with Gasteiger partial charge < -0.3 is 10.6 Å². The molecule has 1 aromatic rings. The Kier molecular flexibility index (Phi) is 4.86. The Labute approximate surface area is 125 Å². The number of hydrogen-bond donors (Lipinski definition) is 1. The van der Waals surface area contributed by atoms with E-state index in [1.807, 2.05) is 6.92 Å². The number of nitrogens with zero attached hydrogens (tertiary/aromatic N) is 3. The first-order valence-corrected chi connectivity index (χ1v) is 9.75. The van der Waals surface area contributed by atoms with Gasteiger partial charge in [-0.2, -0.15) is 0 Å². The number of hydrogen-bond acceptors (Lipinski definition) is 8. The fourth-order valence-electron chi connectivity index (χ4n) is 2.14. The van der Waals surface area contributed by atoms with E-state index in [1.165, 1.54) is 23.1 Å². The summed E-state index contributed by atoms with van der Waals surface area (Å²) in [6.07, 6.45) is 0.526. The predicted octanol–water partition coefficient (Wildman–Crippen LogP) is 0.248. The summed E-state index contributed by atoms with van der Waals surface area (Å²) in [4.78, 5) is 13.8. The minimum Gasteiger partial charge on any atom is -0.374 e. The largest absolute Gasteiger partial charge is 0.374 e. The average molecular weight is 336 g/mol. The molecule has 1 amide bonds. The van der Waals surface area contributed by atoms with Crippen LogP contribution in [-0.4, -0.2) is 59.3 Å². The number of nitrogen functional groups attached to an aromatic ring is 1. The summed E-state index contributed by atoms with van der Waals surface area (Å²) in [5.41, 5.74) is 5.47. The summed E-state index contributed by atoms with van der Waals surface area (Å²) in [7, 11) is -2.99. The minimum atomic E-state index is -2.99. The molecule has 0 aliphatic carbocycles. The van der Waals surface area contributed by atoms with E-state index >= 15 is 0 Å². The second kappa shape index (κ2) is 6.27. The Morgan fingerprint density at radius 3 is 2.80 bits per heavy atom. The molecule has 0 radical (unpaired) electrons. The zero-order valence-corrected chi connectivity index (χ0v) is 13.4. The highest BCUT2D eigenvalue weighted by Gasteiger charge is 2.33. The molecule has 112 valence electrons. The highest BCUT2D eigenvalue weighted by molar-refractivity contribution is 8.01. The maximum absolute atomic E-state index is 12.2. The Balaban J connectivity index is 1.92. The van der Waals surface area contributed by atoms with Crippen molar-refractivity contribution >= 4 is 44.0 Å². The van der Waals surface area contributed by atoms with Crippen LogP contribution in [0.5, 0.6) is 0 Å². The summed E-state index contributed by atoms with van der Waals surface area (Å²) in [6, 6.07) is -0.197. The number of nitrogens with two attached hydrogens (primary N) is 1. The van der Waals surface area contributed by atoms with Gasteiger partial charge in [-0.05, 0) is 13.3 Å². The number of aromatic nitrogens is 2. The molecule has 1 aromatic heterocycles. The molecule has 0 bridgehead atoms. The number of carbonyl (C=O) groups excluding carboxylic acids is 1. The molecule has 1 fully saturated rings. The predicted molar refractivity (Wildman–Crippen MR) is 79.5 cm³/mol. The lowest BCUT2D eigenvalue weighted by Gasteiger charge is -2.26. The first kappa shape index (κ1) is 15.5. The van der Waals surface area contributed by atoms with Crippen molar-refractivity contribution in [1.29, 1.82) is 0 Å². The third-order valence-corrected chi connectivity index (χ3v) is 6.67. The maximum Gasteiger partial charge on any atom is 0.233 e. The van der Waals surface area contributed by atoms with Crippen LogP contribution in [0.4, 0.5) is 5.13 Å². The third kappa shape index (κ3) is 3.83. The van der Waals surface area contributed by atoms with Crippen molar-refractivity contribution in [3.05, 3.63) is 0 Å². The van der Waals surface area contributed by atoms with Crippen LogP contribution < -0.4 is 5.73 Å². The molecule has 7 nitrogen and oxygen atoms in total. The molecule has 1 unspecified atom stereocenters. The molecule has 1 atom stereocenters. The van der Waals surface area contributed by atoms with Crippen LogP contribution in [0.2, 0.25) is 0 Å². The van der Waals surface area contributed by atoms with Gasteiger partial charge in [-0.25, -0.2) is 8.42 Å². The minimum absolute atomic E-state index is 0.0724. The average Bonchev–Trinajstić information content (AvgIpc) is 2.94. The van der Waals surface area contributed by atoms with Crippen molar-refractivity contribution in [3.63, 3.8) is 0 Å². The van der Waals surface area contributed by atoms with Crippen LogP contribution in [0.1, 0.15) is 13.3 Å². The summed E-state index contributed by atoms with van der Waals surface area (Å²) in [5, 5.41) is 7.88. The number of carbonyl (C=O) groups is 1. The summed E-state index contributed by atoms with van der Waals surface area (Å²) >= 11 is 2.51. The van der Waals surface area contributed by atoms with Crippen LogP contribution in [-0.2, 0) is 14.6 Å². The molecule has 0 saturated carbocycles. The zero-order chi connectivity index (χ0) is 14.8. The molecule has 0 aromatic carbocycles. The van der Waals surface area contributed by atoms with Gasteiger partial charge in [-0.3, -0.25) is 4.79 Å². The molecule has 0 spiro atoms. The molecule has 2 rings (SSSR count). The van der Waals surface area contributed by atoms with Crippen LogP contribution in [0.3, 0.4) is 0 Å². The lowest BCUT2D eigenvalue weighted by molar-refractivity contribution is -0.129. The van der Waals surface area contributed by atoms with Crippen LogP contribution >= 0.6 is 23.1 Å². The number of anilines is 1. The Morgan fingerprint density at radius 1 is 1.55 bits per heavy atom. The molecule has 2 N–H and O–H groups in total. The first-order valence-electron chi connectivity index (χ1n) is 6.13. The van der Waals surface area contributed by atoms with Crippen LogP contribution in [0.15, 0.2) is 4.34 Å². The summed E-state index contributed by atoms with van der Waals surface area (Å²) < 4.78 is 23.6. The van der Waals surface area contributed by atoms with E-state index in [0.717, 1.165) is 0 Å². The van der Waals surface area contributed by atoms with E-state index < -0.39 is 9.84 Å². The Bertz CT molecular complexity index is 586. The van der Waals surface area contributed by atoms with Gasteiger partial charge in [0.2, 0.25) is 11.0 Å². The van der Waals surface area contributed by atoms with Gasteiger partial charge in [0, 0.05) is 12.6 Å². The molecule has 2 heterocycles. The number of sulfone groups is 1. The van der Waals surface area contributed by atoms with Gasteiger partial charge in [0.15, 0.2) is 14.2 Å². The molecular weight excluding hydrogens is 320 g/mol. The molecule has 20 heavy (non-hydrogen) atoms. The standard InChI is InChI=1S/C10H16N4O3S3/c1-2-14(7-3-4-20(16,17)6-7)8(15)5-18-10-13-12-9(11)19-10/h7H,2-6H2,1H3,(H2,11,12). The smallest absolute Gasteiger partial charge is 0.233 e. The highest BCUT2D eigenvalue weighted by Crippen LogP contribution is 2.25. The molecular formula is C10H16N4O3S3. The lowest BCUT2D eigenvalue weighted by atomic mass is 10.2. The number of rotatable bonds is 5. The normalized spacial score (nSPS) is 20.9. The van der Waals surface area contributed by atoms with Gasteiger partial charge in [-0.1, -0.05) is 23.1 Å². The van der Waals surface area contributed by atoms with Crippen molar-refractivity contribution in [2.75, 3.05) is 29.5 Å². The van der Waals surface area contributed by atoms with E-state index in [2.05, 4.69) is 10.2 Å². The Morgan fingerprint density at radius 2 is 2.30 bits per heavy atom. The van der Waals surface area contributed by atoms with E-state index in [1.54, 1.807) is 4.90 Å². The second-order valence-electron chi connectivity index (χ2n) is 4.43. The van der Waals surface area contributed by atoms with Crippen molar-refractivity contribution in [2.24, 2.45) is 0 Å². The van der Waals surface area contributed by atoms with Crippen molar-refractivity contribution in [3.8, 4) is 0 Å². The topological polar surface area (TPSA) is 106 Å². The van der Waals surface area contributed by atoms with Gasteiger partial charge >= 0.3 is 0 Å².